The first-order valence-electron chi connectivity index (χ1n) is 6.38. The lowest BCUT2D eigenvalue weighted by Crippen LogP contribution is -2.52. The Morgan fingerprint density at radius 2 is 2.10 bits per heavy atom. The Bertz CT molecular complexity index is 479. The summed E-state index contributed by atoms with van der Waals surface area (Å²) in [6.45, 7) is 7.65. The van der Waals surface area contributed by atoms with Gasteiger partial charge in [-0.3, -0.25) is 0 Å². The van der Waals surface area contributed by atoms with E-state index in [1.165, 1.54) is 0 Å². The van der Waals surface area contributed by atoms with Gasteiger partial charge in [-0.1, -0.05) is 20.8 Å². The molecular weight excluding hydrogens is 278 g/mol. The van der Waals surface area contributed by atoms with Crippen molar-refractivity contribution < 1.29 is 14.7 Å². The minimum absolute atomic E-state index is 0.426. The Morgan fingerprint density at radius 3 is 2.55 bits per heavy atom. The molecule has 0 aliphatic rings. The van der Waals surface area contributed by atoms with Gasteiger partial charge in [-0.15, -0.1) is 11.3 Å². The van der Waals surface area contributed by atoms with Crippen LogP contribution in [0.4, 0.5) is 4.79 Å². The summed E-state index contributed by atoms with van der Waals surface area (Å²) in [6.07, 6.45) is 0.638. The summed E-state index contributed by atoms with van der Waals surface area (Å²) >= 11 is 1.55. The lowest BCUT2D eigenvalue weighted by Gasteiger charge is -2.27. The van der Waals surface area contributed by atoms with Crippen molar-refractivity contribution in [1.82, 2.24) is 15.6 Å². The van der Waals surface area contributed by atoms with Crippen molar-refractivity contribution in [3.05, 3.63) is 16.1 Å². The molecule has 1 atom stereocenters. The third-order valence-electron chi connectivity index (χ3n) is 2.68. The Labute approximate surface area is 122 Å². The molecule has 0 saturated heterocycles. The van der Waals surface area contributed by atoms with Crippen LogP contribution in [-0.2, 0) is 11.2 Å². The number of carboxylic acids is 1. The zero-order chi connectivity index (χ0) is 15.3. The summed E-state index contributed by atoms with van der Waals surface area (Å²) in [5.41, 5.74) is 0.420. The molecule has 0 bridgehead atoms. The number of rotatable bonds is 5. The number of carbonyl (C=O) groups is 2. The van der Waals surface area contributed by atoms with E-state index in [-0.39, 0.29) is 0 Å². The summed E-state index contributed by atoms with van der Waals surface area (Å²) in [4.78, 5) is 27.1. The number of hydrogen-bond acceptors (Lipinski definition) is 4. The van der Waals surface area contributed by atoms with Gasteiger partial charge in [-0.2, -0.15) is 0 Å². The highest BCUT2D eigenvalue weighted by Gasteiger charge is 2.32. The molecule has 7 heteroatoms. The normalized spacial score (nSPS) is 12.8. The summed E-state index contributed by atoms with van der Waals surface area (Å²) in [5, 5.41) is 17.2. The van der Waals surface area contributed by atoms with Crippen LogP contribution in [0.2, 0.25) is 0 Å². The van der Waals surface area contributed by atoms with E-state index in [9.17, 15) is 9.59 Å². The maximum absolute atomic E-state index is 11.7. The van der Waals surface area contributed by atoms with E-state index in [1.54, 1.807) is 32.1 Å². The molecular formula is C13H21N3O3S. The molecule has 6 nitrogen and oxygen atoms in total. The Hall–Kier alpha value is -1.63. The van der Waals surface area contributed by atoms with Gasteiger partial charge in [0.2, 0.25) is 0 Å². The molecule has 1 aromatic heterocycles. The van der Waals surface area contributed by atoms with Crippen LogP contribution >= 0.6 is 11.3 Å². The van der Waals surface area contributed by atoms with Crippen LogP contribution in [0.15, 0.2) is 5.38 Å². The summed E-state index contributed by atoms with van der Waals surface area (Å²) in [7, 11) is 0. The molecule has 2 amide bonds. The van der Waals surface area contributed by atoms with E-state index in [0.29, 0.717) is 13.0 Å². The van der Waals surface area contributed by atoms with E-state index in [0.717, 1.165) is 10.7 Å². The standard InChI is InChI=1S/C13H21N3O3S/c1-8-7-20-9(15-8)5-6-14-12(19)16-10(11(17)18)13(2,3)4/h7,10H,5-6H2,1-4H3,(H,17,18)(H2,14,16,19)/t10-/m1/s1. The minimum Gasteiger partial charge on any atom is -0.480 e. The van der Waals surface area contributed by atoms with Gasteiger partial charge >= 0.3 is 12.0 Å². The number of aliphatic carboxylic acids is 1. The average molecular weight is 299 g/mol. The van der Waals surface area contributed by atoms with Crippen molar-refractivity contribution in [3.8, 4) is 0 Å². The number of urea groups is 1. The van der Waals surface area contributed by atoms with E-state index >= 15 is 0 Å². The molecule has 0 unspecified atom stereocenters. The number of carbonyl (C=O) groups excluding carboxylic acids is 1. The lowest BCUT2D eigenvalue weighted by atomic mass is 9.87. The average Bonchev–Trinajstić information content (AvgIpc) is 2.70. The number of aromatic nitrogens is 1. The van der Waals surface area contributed by atoms with Gasteiger partial charge < -0.3 is 15.7 Å². The Kier molecular flexibility index (Phi) is 5.50. The number of carboxylic acid groups (broad SMARTS) is 1. The quantitative estimate of drug-likeness (QED) is 0.773. The van der Waals surface area contributed by atoms with E-state index < -0.39 is 23.5 Å². The number of hydrogen-bond donors (Lipinski definition) is 3. The zero-order valence-corrected chi connectivity index (χ0v) is 13.0. The number of amides is 2. The van der Waals surface area contributed by atoms with Crippen LogP contribution in [0.1, 0.15) is 31.5 Å². The minimum atomic E-state index is -1.04. The van der Waals surface area contributed by atoms with Gasteiger partial charge in [0.05, 0.1) is 5.01 Å². The van der Waals surface area contributed by atoms with Crippen LogP contribution in [-0.4, -0.2) is 34.7 Å². The predicted molar refractivity (Wildman–Crippen MR) is 78.0 cm³/mol. The second kappa shape index (κ2) is 6.69. The number of nitrogens with one attached hydrogen (secondary N) is 2. The SMILES string of the molecule is Cc1csc(CCNC(=O)N[C@H](C(=O)O)C(C)(C)C)n1. The lowest BCUT2D eigenvalue weighted by molar-refractivity contribution is -0.141. The molecule has 20 heavy (non-hydrogen) atoms. The van der Waals surface area contributed by atoms with E-state index in [4.69, 9.17) is 5.11 Å². The molecule has 0 radical (unpaired) electrons. The van der Waals surface area contributed by atoms with Gasteiger partial charge in [0.15, 0.2) is 0 Å². The van der Waals surface area contributed by atoms with Crippen LogP contribution < -0.4 is 10.6 Å². The molecule has 1 rings (SSSR count). The van der Waals surface area contributed by atoms with Crippen LogP contribution in [0, 0.1) is 12.3 Å². The van der Waals surface area contributed by atoms with Gasteiger partial charge in [0.1, 0.15) is 6.04 Å². The van der Waals surface area contributed by atoms with Gasteiger partial charge in [0, 0.05) is 24.0 Å². The molecule has 1 aromatic rings. The van der Waals surface area contributed by atoms with Crippen molar-refractivity contribution in [1.29, 1.82) is 0 Å². The third-order valence-corrected chi connectivity index (χ3v) is 3.71. The molecule has 0 aliphatic heterocycles. The molecule has 3 N–H and O–H groups in total. The number of thiazole rings is 1. The fraction of sp³-hybridized carbons (Fsp3) is 0.615. The molecule has 0 fully saturated rings. The van der Waals surface area contributed by atoms with E-state index in [1.807, 2.05) is 12.3 Å². The first kappa shape index (κ1) is 16.4. The van der Waals surface area contributed by atoms with Crippen molar-refractivity contribution in [2.75, 3.05) is 6.54 Å². The second-order valence-electron chi connectivity index (χ2n) is 5.67. The number of aryl methyl sites for hydroxylation is 1. The largest absolute Gasteiger partial charge is 0.480 e. The molecule has 0 aliphatic carbocycles. The van der Waals surface area contributed by atoms with Crippen LogP contribution in [0.5, 0.6) is 0 Å². The van der Waals surface area contributed by atoms with Gasteiger partial charge in [0.25, 0.3) is 0 Å². The van der Waals surface area contributed by atoms with Gasteiger partial charge in [-0.25, -0.2) is 14.6 Å². The summed E-state index contributed by atoms with van der Waals surface area (Å²) in [5.74, 6) is -1.04. The highest BCUT2D eigenvalue weighted by molar-refractivity contribution is 7.09. The Morgan fingerprint density at radius 1 is 1.45 bits per heavy atom. The zero-order valence-electron chi connectivity index (χ0n) is 12.2. The molecule has 112 valence electrons. The number of nitrogens with zero attached hydrogens (tertiary/aromatic N) is 1. The van der Waals surface area contributed by atoms with Crippen molar-refractivity contribution >= 4 is 23.3 Å². The highest BCUT2D eigenvalue weighted by atomic mass is 32.1. The smallest absolute Gasteiger partial charge is 0.326 e. The molecule has 0 spiro atoms. The second-order valence-corrected chi connectivity index (χ2v) is 6.61. The molecule has 0 saturated carbocycles. The van der Waals surface area contributed by atoms with Crippen LogP contribution in [0.25, 0.3) is 0 Å². The monoisotopic (exact) mass is 299 g/mol. The fourth-order valence-electron chi connectivity index (χ4n) is 1.63. The molecule has 0 aromatic carbocycles. The summed E-state index contributed by atoms with van der Waals surface area (Å²) < 4.78 is 0. The van der Waals surface area contributed by atoms with Crippen molar-refractivity contribution in [2.45, 2.75) is 40.2 Å². The highest BCUT2D eigenvalue weighted by Crippen LogP contribution is 2.19. The van der Waals surface area contributed by atoms with Gasteiger partial charge in [-0.05, 0) is 12.3 Å². The third kappa shape index (κ3) is 5.16. The molecule has 1 heterocycles. The maximum atomic E-state index is 11.7. The maximum Gasteiger partial charge on any atom is 0.326 e. The fourth-order valence-corrected chi connectivity index (χ4v) is 2.41. The van der Waals surface area contributed by atoms with Crippen LogP contribution in [0.3, 0.4) is 0 Å². The Balaban J connectivity index is 2.41. The first-order chi connectivity index (χ1) is 9.20. The summed E-state index contributed by atoms with van der Waals surface area (Å²) in [6, 6.07) is -1.40. The predicted octanol–water partition coefficient (Wildman–Crippen LogP) is 1.79. The first-order valence-corrected chi connectivity index (χ1v) is 7.26. The van der Waals surface area contributed by atoms with Crippen molar-refractivity contribution in [2.24, 2.45) is 5.41 Å². The van der Waals surface area contributed by atoms with E-state index in [2.05, 4.69) is 15.6 Å². The van der Waals surface area contributed by atoms with Crippen molar-refractivity contribution in [3.63, 3.8) is 0 Å². The topological polar surface area (TPSA) is 91.3 Å².